The van der Waals surface area contributed by atoms with E-state index in [2.05, 4.69) is 73.4 Å². The fourth-order valence-corrected chi connectivity index (χ4v) is 6.42. The molecule has 4 rings (SSSR count). The lowest BCUT2D eigenvalue weighted by Crippen LogP contribution is -2.52. The molecule has 0 aromatic rings. The quantitative estimate of drug-likeness (QED) is 0.151. The molecule has 0 amide bonds. The lowest BCUT2D eigenvalue weighted by molar-refractivity contribution is 0.0169. The van der Waals surface area contributed by atoms with Crippen molar-refractivity contribution in [1.82, 2.24) is 31.9 Å². The Morgan fingerprint density at radius 3 is 1.95 bits per heavy atom. The Labute approximate surface area is 231 Å². The zero-order chi connectivity index (χ0) is 27.5. The van der Waals surface area contributed by atoms with Crippen molar-refractivity contribution >= 4 is 0 Å². The highest BCUT2D eigenvalue weighted by Crippen LogP contribution is 2.29. The molecule has 0 aromatic heterocycles. The maximum Gasteiger partial charge on any atom is 0.110 e. The summed E-state index contributed by atoms with van der Waals surface area (Å²) in [6.45, 7) is 12.5. The zero-order valence-corrected chi connectivity index (χ0v) is 25.0. The molecule has 38 heavy (non-hydrogen) atoms. The first-order valence-electron chi connectivity index (χ1n) is 15.5. The Kier molecular flexibility index (Phi) is 10.1. The second kappa shape index (κ2) is 12.7. The molecular formula is C30H58N6O2. The Balaban J connectivity index is 1.05. The van der Waals surface area contributed by atoms with E-state index in [0.717, 1.165) is 38.5 Å². The van der Waals surface area contributed by atoms with E-state index in [0.29, 0.717) is 36.5 Å². The molecular weight excluding hydrogens is 476 g/mol. The van der Waals surface area contributed by atoms with Crippen molar-refractivity contribution in [2.45, 2.75) is 168 Å². The first-order chi connectivity index (χ1) is 17.9. The van der Waals surface area contributed by atoms with Gasteiger partial charge in [-0.1, -0.05) is 60.8 Å². The van der Waals surface area contributed by atoms with Gasteiger partial charge in [0.05, 0.1) is 12.3 Å². The van der Waals surface area contributed by atoms with E-state index < -0.39 is 12.5 Å². The van der Waals surface area contributed by atoms with Crippen LogP contribution in [0.5, 0.6) is 0 Å². The minimum atomic E-state index is -0.472. The van der Waals surface area contributed by atoms with Crippen molar-refractivity contribution in [2.75, 3.05) is 0 Å². The highest BCUT2D eigenvalue weighted by atomic mass is 16.3. The molecule has 0 radical (unpaired) electrons. The van der Waals surface area contributed by atoms with Crippen molar-refractivity contribution in [3.8, 4) is 0 Å². The molecule has 8 atom stereocenters. The average Bonchev–Trinajstić information content (AvgIpc) is 3.42. The molecule has 1 saturated carbocycles. The Hall–Kier alpha value is -0.900. The molecule has 0 spiro atoms. The van der Waals surface area contributed by atoms with Crippen LogP contribution >= 0.6 is 0 Å². The number of aliphatic hydroxyl groups is 2. The standard InChI is InChI=1S/C30H58N6O2/c1-29(2,3)27(37)31-19-13-15-21-23(17-19)35-25(33-21)11-9-7-8-10-12-26-34-22-16-14-20(18-24(22)36-26)32-28(38)30(4,5)6/h19-21,23,25-28,31-38H,7-18H2,1-6H3/t19-,20+,21+,23?,25+,26-,27-,28+/m1/s1. The van der Waals surface area contributed by atoms with Gasteiger partial charge < -0.3 is 20.8 Å². The molecule has 4 aliphatic rings. The van der Waals surface area contributed by atoms with Gasteiger partial charge >= 0.3 is 0 Å². The van der Waals surface area contributed by atoms with Crippen molar-refractivity contribution in [2.24, 2.45) is 10.8 Å². The Morgan fingerprint density at radius 1 is 0.711 bits per heavy atom. The van der Waals surface area contributed by atoms with Crippen LogP contribution in [0.25, 0.3) is 0 Å². The fourth-order valence-electron chi connectivity index (χ4n) is 6.42. The van der Waals surface area contributed by atoms with Gasteiger partial charge in [-0.25, -0.2) is 0 Å². The van der Waals surface area contributed by atoms with Crippen LogP contribution < -0.4 is 31.9 Å². The largest absolute Gasteiger partial charge is 0.378 e. The van der Waals surface area contributed by atoms with Crippen molar-refractivity contribution in [1.29, 1.82) is 0 Å². The Morgan fingerprint density at radius 2 is 1.29 bits per heavy atom. The predicted octanol–water partition coefficient (Wildman–Crippen LogP) is 3.33. The highest BCUT2D eigenvalue weighted by molar-refractivity contribution is 5.22. The molecule has 2 fully saturated rings. The van der Waals surface area contributed by atoms with Crippen LogP contribution in [-0.2, 0) is 0 Å². The number of hydrogen-bond donors (Lipinski definition) is 8. The lowest BCUT2D eigenvalue weighted by Gasteiger charge is -2.36. The summed E-state index contributed by atoms with van der Waals surface area (Å²) in [4.78, 5) is 0. The molecule has 220 valence electrons. The van der Waals surface area contributed by atoms with E-state index in [1.54, 1.807) is 0 Å². The zero-order valence-electron chi connectivity index (χ0n) is 25.0. The van der Waals surface area contributed by atoms with Gasteiger partial charge in [0.2, 0.25) is 0 Å². The summed E-state index contributed by atoms with van der Waals surface area (Å²) < 4.78 is 0. The molecule has 2 aliphatic carbocycles. The van der Waals surface area contributed by atoms with Crippen molar-refractivity contribution < 1.29 is 10.2 Å². The third-order valence-corrected chi connectivity index (χ3v) is 9.10. The van der Waals surface area contributed by atoms with Gasteiger partial charge in [0.15, 0.2) is 0 Å². The molecule has 2 heterocycles. The molecule has 0 aromatic carbocycles. The summed E-state index contributed by atoms with van der Waals surface area (Å²) >= 11 is 0. The minimum Gasteiger partial charge on any atom is -0.378 e. The number of nitrogens with one attached hydrogen (secondary N) is 6. The first kappa shape index (κ1) is 30.1. The monoisotopic (exact) mass is 534 g/mol. The summed E-state index contributed by atoms with van der Waals surface area (Å²) in [5.41, 5.74) is 2.48. The van der Waals surface area contributed by atoms with E-state index in [9.17, 15) is 10.2 Å². The summed E-state index contributed by atoms with van der Waals surface area (Å²) in [5, 5.41) is 42.9. The van der Waals surface area contributed by atoms with Crippen LogP contribution in [0, 0.1) is 10.8 Å². The van der Waals surface area contributed by atoms with Crippen LogP contribution in [0.2, 0.25) is 0 Å². The van der Waals surface area contributed by atoms with E-state index in [1.807, 2.05) is 0 Å². The lowest BCUT2D eigenvalue weighted by atomic mass is 9.86. The summed E-state index contributed by atoms with van der Waals surface area (Å²) in [6.07, 6.45) is 13.8. The highest BCUT2D eigenvalue weighted by Gasteiger charge is 2.38. The minimum absolute atomic E-state index is 0.128. The number of unbranched alkanes of at least 4 members (excludes halogenated alkanes) is 3. The SMILES string of the molecule is CC(C)(C)[C@H](O)N[C@H]1CCC2=C(C1)N[C@H](CCCCCC[C@@H]1NC3C[C@H](N[C@H](O)C(C)(C)C)CC[C@@H]3N1)N2. The van der Waals surface area contributed by atoms with Gasteiger partial charge in [0.1, 0.15) is 12.5 Å². The van der Waals surface area contributed by atoms with Crippen LogP contribution in [0.15, 0.2) is 11.4 Å². The van der Waals surface area contributed by atoms with Crippen LogP contribution in [-0.4, -0.2) is 59.2 Å². The second-order valence-electron chi connectivity index (χ2n) is 14.7. The van der Waals surface area contributed by atoms with Gasteiger partial charge in [-0.3, -0.25) is 21.3 Å². The number of fused-ring (bicyclic) bond motifs is 1. The predicted molar refractivity (Wildman–Crippen MR) is 155 cm³/mol. The summed E-state index contributed by atoms with van der Waals surface area (Å²) in [6, 6.07) is 1.83. The summed E-state index contributed by atoms with van der Waals surface area (Å²) in [5.74, 6) is 0. The van der Waals surface area contributed by atoms with E-state index in [-0.39, 0.29) is 10.8 Å². The third-order valence-electron chi connectivity index (χ3n) is 9.10. The number of allylic oxidation sites excluding steroid dienone is 1. The third kappa shape index (κ3) is 8.31. The molecule has 1 saturated heterocycles. The van der Waals surface area contributed by atoms with Crippen LogP contribution in [0.3, 0.4) is 0 Å². The molecule has 1 unspecified atom stereocenters. The molecule has 8 N–H and O–H groups in total. The normalized spacial score (nSPS) is 33.4. The molecule has 8 nitrogen and oxygen atoms in total. The number of hydrogen-bond acceptors (Lipinski definition) is 8. The van der Waals surface area contributed by atoms with E-state index in [1.165, 1.54) is 49.9 Å². The number of rotatable bonds is 11. The molecule has 8 heteroatoms. The summed E-state index contributed by atoms with van der Waals surface area (Å²) in [7, 11) is 0. The maximum absolute atomic E-state index is 10.4. The maximum atomic E-state index is 10.4. The smallest absolute Gasteiger partial charge is 0.110 e. The van der Waals surface area contributed by atoms with Crippen molar-refractivity contribution in [3.63, 3.8) is 0 Å². The van der Waals surface area contributed by atoms with Gasteiger partial charge in [-0.05, 0) is 51.4 Å². The van der Waals surface area contributed by atoms with Crippen LogP contribution in [0.1, 0.15) is 119 Å². The Bertz CT molecular complexity index is 785. The molecule has 2 aliphatic heterocycles. The number of aliphatic hydroxyl groups excluding tert-OH is 2. The van der Waals surface area contributed by atoms with E-state index >= 15 is 0 Å². The topological polar surface area (TPSA) is 113 Å². The van der Waals surface area contributed by atoms with E-state index in [4.69, 9.17) is 0 Å². The molecule has 0 bridgehead atoms. The fraction of sp³-hybridized carbons (Fsp3) is 0.933. The first-order valence-corrected chi connectivity index (χ1v) is 15.5. The van der Waals surface area contributed by atoms with Gasteiger partial charge in [-0.2, -0.15) is 0 Å². The second-order valence-corrected chi connectivity index (χ2v) is 14.7. The van der Waals surface area contributed by atoms with Gasteiger partial charge in [0.25, 0.3) is 0 Å². The van der Waals surface area contributed by atoms with Crippen molar-refractivity contribution in [3.05, 3.63) is 11.4 Å². The van der Waals surface area contributed by atoms with Gasteiger partial charge in [-0.15, -0.1) is 0 Å². The van der Waals surface area contributed by atoms with Gasteiger partial charge in [0, 0.05) is 52.8 Å². The van der Waals surface area contributed by atoms with Crippen LogP contribution in [0.4, 0.5) is 0 Å². The average molecular weight is 535 g/mol.